The molecule has 0 heterocycles. The van der Waals surface area contributed by atoms with Gasteiger partial charge in [0.1, 0.15) is 0 Å². The van der Waals surface area contributed by atoms with Crippen molar-refractivity contribution in [1.82, 2.24) is 4.90 Å². The number of carboxylic acid groups (broad SMARTS) is 1. The molecule has 0 spiro atoms. The van der Waals surface area contributed by atoms with Crippen molar-refractivity contribution in [1.29, 1.82) is 0 Å². The van der Waals surface area contributed by atoms with Gasteiger partial charge in [-0.05, 0) is 25.9 Å². The fraction of sp³-hybridized carbons (Fsp3) is 0.800. The van der Waals surface area contributed by atoms with E-state index in [-0.39, 0.29) is 6.42 Å². The van der Waals surface area contributed by atoms with E-state index in [0.717, 1.165) is 25.9 Å². The molecule has 0 aromatic carbocycles. The molecule has 0 amide bonds. The molecule has 0 rings (SSSR count). The SMILES string of the molecule is CCCN(CCC)CCC(=O)C(=O)O. The smallest absolute Gasteiger partial charge is 0.372 e. The average molecular weight is 201 g/mol. The summed E-state index contributed by atoms with van der Waals surface area (Å²) in [6, 6.07) is 0. The summed E-state index contributed by atoms with van der Waals surface area (Å²) in [6.45, 7) is 6.57. The molecule has 0 atom stereocenters. The predicted molar refractivity (Wildman–Crippen MR) is 54.3 cm³/mol. The molecule has 0 aliphatic carbocycles. The quantitative estimate of drug-likeness (QED) is 0.598. The summed E-state index contributed by atoms with van der Waals surface area (Å²) in [5.74, 6) is -2.01. The zero-order valence-electron chi connectivity index (χ0n) is 8.95. The second-order valence-corrected chi connectivity index (χ2v) is 3.32. The van der Waals surface area contributed by atoms with Crippen molar-refractivity contribution in [2.45, 2.75) is 33.1 Å². The van der Waals surface area contributed by atoms with Crippen molar-refractivity contribution in [2.75, 3.05) is 19.6 Å². The fourth-order valence-corrected chi connectivity index (χ4v) is 1.33. The summed E-state index contributed by atoms with van der Waals surface area (Å²) in [5.41, 5.74) is 0. The number of carbonyl (C=O) groups excluding carboxylic acids is 1. The first kappa shape index (κ1) is 13.1. The minimum atomic E-state index is -1.32. The van der Waals surface area contributed by atoms with Gasteiger partial charge in [-0.1, -0.05) is 13.8 Å². The van der Waals surface area contributed by atoms with Crippen molar-refractivity contribution in [2.24, 2.45) is 0 Å². The number of hydrogen-bond acceptors (Lipinski definition) is 3. The number of nitrogens with zero attached hydrogens (tertiary/aromatic N) is 1. The lowest BCUT2D eigenvalue weighted by Crippen LogP contribution is -2.29. The van der Waals surface area contributed by atoms with E-state index < -0.39 is 11.8 Å². The Morgan fingerprint density at radius 1 is 1.07 bits per heavy atom. The number of carboxylic acids is 1. The standard InChI is InChI=1S/C10H19NO3/c1-3-6-11(7-4-2)8-5-9(12)10(13)14/h3-8H2,1-2H3,(H,13,14). The number of Topliss-reactive ketones (excluding diaryl/α,β-unsaturated/α-hetero) is 1. The maximum absolute atomic E-state index is 10.8. The van der Waals surface area contributed by atoms with Crippen molar-refractivity contribution in [3.8, 4) is 0 Å². The molecule has 1 N–H and O–H groups in total. The zero-order valence-corrected chi connectivity index (χ0v) is 8.95. The molecule has 0 aromatic rings. The molecular formula is C10H19NO3. The summed E-state index contributed by atoms with van der Waals surface area (Å²) in [6.07, 6.45) is 2.18. The van der Waals surface area contributed by atoms with Crippen LogP contribution in [0, 0.1) is 0 Å². The molecule has 0 aromatic heterocycles. The Labute approximate surface area is 84.9 Å². The summed E-state index contributed by atoms with van der Waals surface area (Å²) in [5, 5.41) is 8.39. The third-order valence-corrected chi connectivity index (χ3v) is 1.97. The van der Waals surface area contributed by atoms with Crippen molar-refractivity contribution in [3.05, 3.63) is 0 Å². The van der Waals surface area contributed by atoms with Gasteiger partial charge in [0.15, 0.2) is 0 Å². The monoisotopic (exact) mass is 201 g/mol. The second-order valence-electron chi connectivity index (χ2n) is 3.32. The number of ketones is 1. The van der Waals surface area contributed by atoms with Gasteiger partial charge in [-0.15, -0.1) is 0 Å². The second kappa shape index (κ2) is 7.50. The highest BCUT2D eigenvalue weighted by molar-refractivity contribution is 6.32. The maximum Gasteiger partial charge on any atom is 0.372 e. The Bertz CT molecular complexity index is 186. The first-order valence-electron chi connectivity index (χ1n) is 5.10. The van der Waals surface area contributed by atoms with Crippen LogP contribution < -0.4 is 0 Å². The van der Waals surface area contributed by atoms with Crippen LogP contribution in [0.2, 0.25) is 0 Å². The summed E-state index contributed by atoms with van der Waals surface area (Å²) in [7, 11) is 0. The lowest BCUT2D eigenvalue weighted by Gasteiger charge is -2.19. The van der Waals surface area contributed by atoms with Crippen LogP contribution in [0.4, 0.5) is 0 Å². The van der Waals surface area contributed by atoms with Crippen LogP contribution in [0.5, 0.6) is 0 Å². The Kier molecular flexibility index (Phi) is 7.02. The van der Waals surface area contributed by atoms with E-state index in [9.17, 15) is 9.59 Å². The molecule has 0 saturated heterocycles. The molecule has 14 heavy (non-hydrogen) atoms. The van der Waals surface area contributed by atoms with Gasteiger partial charge in [0.25, 0.3) is 0 Å². The van der Waals surface area contributed by atoms with E-state index in [0.29, 0.717) is 6.54 Å². The van der Waals surface area contributed by atoms with Crippen LogP contribution >= 0.6 is 0 Å². The van der Waals surface area contributed by atoms with Crippen LogP contribution in [-0.2, 0) is 9.59 Å². The first-order valence-corrected chi connectivity index (χ1v) is 5.10. The molecular weight excluding hydrogens is 182 g/mol. The van der Waals surface area contributed by atoms with E-state index in [1.807, 2.05) is 0 Å². The van der Waals surface area contributed by atoms with E-state index in [1.165, 1.54) is 0 Å². The maximum atomic E-state index is 10.8. The number of carbonyl (C=O) groups is 2. The fourth-order valence-electron chi connectivity index (χ4n) is 1.33. The minimum Gasteiger partial charge on any atom is -0.476 e. The Morgan fingerprint density at radius 3 is 1.93 bits per heavy atom. The predicted octanol–water partition coefficient (Wildman–Crippen LogP) is 1.15. The van der Waals surface area contributed by atoms with Crippen molar-refractivity contribution < 1.29 is 14.7 Å². The molecule has 4 heteroatoms. The van der Waals surface area contributed by atoms with Gasteiger partial charge in [0, 0.05) is 13.0 Å². The third kappa shape index (κ3) is 5.70. The largest absolute Gasteiger partial charge is 0.476 e. The van der Waals surface area contributed by atoms with Crippen molar-refractivity contribution >= 4 is 11.8 Å². The molecule has 0 radical (unpaired) electrons. The number of rotatable bonds is 8. The molecule has 0 saturated carbocycles. The summed E-state index contributed by atoms with van der Waals surface area (Å²) >= 11 is 0. The van der Waals surface area contributed by atoms with Crippen LogP contribution in [0.15, 0.2) is 0 Å². The van der Waals surface area contributed by atoms with Gasteiger partial charge in [-0.3, -0.25) is 4.79 Å². The Hall–Kier alpha value is -0.900. The highest BCUT2D eigenvalue weighted by Gasteiger charge is 2.12. The van der Waals surface area contributed by atoms with Gasteiger partial charge in [-0.2, -0.15) is 0 Å². The highest BCUT2D eigenvalue weighted by atomic mass is 16.4. The van der Waals surface area contributed by atoms with E-state index in [4.69, 9.17) is 5.11 Å². The zero-order chi connectivity index (χ0) is 11.0. The molecule has 0 unspecified atom stereocenters. The van der Waals surface area contributed by atoms with E-state index >= 15 is 0 Å². The van der Waals surface area contributed by atoms with Gasteiger partial charge in [0.2, 0.25) is 5.78 Å². The van der Waals surface area contributed by atoms with E-state index in [2.05, 4.69) is 18.7 Å². The summed E-state index contributed by atoms with van der Waals surface area (Å²) < 4.78 is 0. The molecule has 0 fully saturated rings. The molecule has 4 nitrogen and oxygen atoms in total. The third-order valence-electron chi connectivity index (χ3n) is 1.97. The van der Waals surface area contributed by atoms with Gasteiger partial charge in [-0.25, -0.2) is 4.79 Å². The number of hydrogen-bond donors (Lipinski definition) is 1. The average Bonchev–Trinajstić information content (AvgIpc) is 2.14. The molecule has 0 aliphatic heterocycles. The van der Waals surface area contributed by atoms with Crippen LogP contribution in [-0.4, -0.2) is 41.4 Å². The molecule has 0 aliphatic rings. The Morgan fingerprint density at radius 2 is 1.57 bits per heavy atom. The molecule has 0 bridgehead atoms. The normalized spacial score (nSPS) is 10.5. The topological polar surface area (TPSA) is 57.6 Å². The van der Waals surface area contributed by atoms with Crippen LogP contribution in [0.3, 0.4) is 0 Å². The van der Waals surface area contributed by atoms with Crippen molar-refractivity contribution in [3.63, 3.8) is 0 Å². The molecule has 82 valence electrons. The number of aliphatic carboxylic acids is 1. The van der Waals surface area contributed by atoms with Gasteiger partial charge >= 0.3 is 5.97 Å². The van der Waals surface area contributed by atoms with Gasteiger partial charge in [0.05, 0.1) is 0 Å². The van der Waals surface area contributed by atoms with Crippen LogP contribution in [0.25, 0.3) is 0 Å². The lowest BCUT2D eigenvalue weighted by molar-refractivity contribution is -0.149. The van der Waals surface area contributed by atoms with Crippen LogP contribution in [0.1, 0.15) is 33.1 Å². The lowest BCUT2D eigenvalue weighted by atomic mass is 10.2. The summed E-state index contributed by atoms with van der Waals surface area (Å²) in [4.78, 5) is 23.2. The highest BCUT2D eigenvalue weighted by Crippen LogP contribution is 1.96. The Balaban J connectivity index is 3.80. The van der Waals surface area contributed by atoms with E-state index in [1.54, 1.807) is 0 Å². The first-order chi connectivity index (χ1) is 6.61. The van der Waals surface area contributed by atoms with Gasteiger partial charge < -0.3 is 10.0 Å². The minimum absolute atomic E-state index is 0.120.